The van der Waals surface area contributed by atoms with Crippen molar-refractivity contribution in [1.29, 1.82) is 0 Å². The van der Waals surface area contributed by atoms with E-state index in [9.17, 15) is 13.5 Å². The molecule has 1 aromatic carbocycles. The first-order chi connectivity index (χ1) is 11.7. The van der Waals surface area contributed by atoms with Crippen molar-refractivity contribution < 1.29 is 13.5 Å². The fourth-order valence-electron chi connectivity index (χ4n) is 3.57. The maximum atomic E-state index is 12.1. The first kappa shape index (κ1) is 18.4. The van der Waals surface area contributed by atoms with E-state index in [1.54, 1.807) is 0 Å². The van der Waals surface area contributed by atoms with Crippen LogP contribution in [-0.2, 0) is 16.6 Å². The van der Waals surface area contributed by atoms with Crippen LogP contribution >= 0.6 is 0 Å². The summed E-state index contributed by atoms with van der Waals surface area (Å²) in [6, 6.07) is 6.26. The third kappa shape index (κ3) is 3.60. The molecule has 7 heteroatoms. The van der Waals surface area contributed by atoms with Crippen molar-refractivity contribution in [3.8, 4) is 0 Å². The van der Waals surface area contributed by atoms with E-state index in [0.717, 1.165) is 5.52 Å². The monoisotopic (exact) mass is 365 g/mol. The fourth-order valence-corrected chi connectivity index (χ4v) is 4.74. The lowest BCUT2D eigenvalue weighted by molar-refractivity contribution is 0.148. The standard InChI is InChI=1S/C18H27N3O3S/c1-12-13(2)19-18-14(6-5-7-16(12)18)8-21-9-15(17(22)10-21)11-25(23,24)20(3)4/h5-7,15,17,19,22H,8-11H2,1-4H3/t15-,17+/m0/s1. The number of aryl methyl sites for hydroxylation is 2. The zero-order chi connectivity index (χ0) is 18.4. The number of aromatic nitrogens is 1. The number of nitrogens with zero attached hydrogens (tertiary/aromatic N) is 2. The normalized spacial score (nSPS) is 22.3. The number of aromatic amines is 1. The predicted octanol–water partition coefficient (Wildman–Crippen LogP) is 1.47. The molecule has 1 aliphatic rings. The molecule has 2 atom stereocenters. The Balaban J connectivity index is 1.76. The maximum absolute atomic E-state index is 12.1. The maximum Gasteiger partial charge on any atom is 0.214 e. The molecule has 3 rings (SSSR count). The molecule has 0 amide bonds. The number of H-pyrrole nitrogens is 1. The number of aliphatic hydroxyl groups is 1. The Kier molecular flexibility index (Phi) is 4.94. The summed E-state index contributed by atoms with van der Waals surface area (Å²) in [7, 11) is -0.242. The quantitative estimate of drug-likeness (QED) is 0.841. The lowest BCUT2D eigenvalue weighted by atomic mass is 10.1. The second kappa shape index (κ2) is 6.72. The molecule has 25 heavy (non-hydrogen) atoms. The summed E-state index contributed by atoms with van der Waals surface area (Å²) in [5.74, 6) is -0.263. The molecule has 2 N–H and O–H groups in total. The zero-order valence-corrected chi connectivity index (χ0v) is 16.1. The second-order valence-corrected chi connectivity index (χ2v) is 9.52. The number of hydrogen-bond donors (Lipinski definition) is 2. The van der Waals surface area contributed by atoms with Gasteiger partial charge in [0, 0.05) is 50.7 Å². The molecular formula is C18H27N3O3S. The molecule has 6 nitrogen and oxygen atoms in total. The number of hydrogen-bond acceptors (Lipinski definition) is 4. The molecule has 1 aliphatic heterocycles. The van der Waals surface area contributed by atoms with Gasteiger partial charge in [0.1, 0.15) is 0 Å². The molecule has 2 aromatic rings. The number of sulfonamides is 1. The van der Waals surface area contributed by atoms with Gasteiger partial charge in [0.25, 0.3) is 0 Å². The van der Waals surface area contributed by atoms with Crippen molar-refractivity contribution in [3.63, 3.8) is 0 Å². The van der Waals surface area contributed by atoms with Gasteiger partial charge in [-0.25, -0.2) is 12.7 Å². The SMILES string of the molecule is Cc1[nH]c2c(CN3C[C@@H](CS(=O)(=O)N(C)C)[C@H](O)C3)cccc2c1C. The van der Waals surface area contributed by atoms with Gasteiger partial charge in [0.15, 0.2) is 0 Å². The van der Waals surface area contributed by atoms with Gasteiger partial charge in [-0.2, -0.15) is 0 Å². The van der Waals surface area contributed by atoms with E-state index in [4.69, 9.17) is 0 Å². The van der Waals surface area contributed by atoms with Crippen LogP contribution in [0.4, 0.5) is 0 Å². The highest BCUT2D eigenvalue weighted by molar-refractivity contribution is 7.89. The molecule has 0 aliphatic carbocycles. The number of rotatable bonds is 5. The number of likely N-dealkylation sites (tertiary alicyclic amines) is 1. The largest absolute Gasteiger partial charge is 0.391 e. The summed E-state index contributed by atoms with van der Waals surface area (Å²) >= 11 is 0. The molecule has 0 spiro atoms. The van der Waals surface area contributed by atoms with Crippen LogP contribution in [0.15, 0.2) is 18.2 Å². The van der Waals surface area contributed by atoms with E-state index in [1.807, 2.05) is 0 Å². The van der Waals surface area contributed by atoms with Crippen LogP contribution in [0.1, 0.15) is 16.8 Å². The number of β-amino-alcohol motifs (C(OH)–C–C–N with tert-alkyl or cyclic N) is 1. The van der Waals surface area contributed by atoms with Crippen LogP contribution in [0.2, 0.25) is 0 Å². The lowest BCUT2D eigenvalue weighted by Gasteiger charge is -2.18. The molecule has 1 saturated heterocycles. The van der Waals surface area contributed by atoms with Gasteiger partial charge in [0.2, 0.25) is 10.0 Å². The molecule has 0 bridgehead atoms. The molecule has 0 unspecified atom stereocenters. The van der Waals surface area contributed by atoms with Gasteiger partial charge in [0.05, 0.1) is 17.4 Å². The Hall–Kier alpha value is -1.41. The summed E-state index contributed by atoms with van der Waals surface area (Å²) in [5, 5.41) is 11.5. The van der Waals surface area contributed by atoms with Crippen LogP contribution in [0.25, 0.3) is 10.9 Å². The van der Waals surface area contributed by atoms with Gasteiger partial charge in [-0.3, -0.25) is 4.90 Å². The average Bonchev–Trinajstić information content (AvgIpc) is 3.01. The molecule has 0 saturated carbocycles. The molecule has 138 valence electrons. The van der Waals surface area contributed by atoms with E-state index in [1.165, 1.54) is 40.6 Å². The van der Waals surface area contributed by atoms with E-state index in [0.29, 0.717) is 19.6 Å². The van der Waals surface area contributed by atoms with Crippen LogP contribution in [-0.4, -0.2) is 66.8 Å². The first-order valence-electron chi connectivity index (χ1n) is 8.56. The topological polar surface area (TPSA) is 76.6 Å². The first-order valence-corrected chi connectivity index (χ1v) is 10.2. The average molecular weight is 365 g/mol. The third-order valence-corrected chi connectivity index (χ3v) is 7.25. The molecule has 1 fully saturated rings. The second-order valence-electron chi connectivity index (χ2n) is 7.30. The van der Waals surface area contributed by atoms with Crippen molar-refractivity contribution in [2.24, 2.45) is 5.92 Å². The minimum absolute atomic E-state index is 0.0113. The van der Waals surface area contributed by atoms with Crippen LogP contribution < -0.4 is 0 Å². The number of aliphatic hydroxyl groups excluding tert-OH is 1. The van der Waals surface area contributed by atoms with Gasteiger partial charge in [-0.15, -0.1) is 0 Å². The summed E-state index contributed by atoms with van der Waals surface area (Å²) in [4.78, 5) is 5.59. The summed E-state index contributed by atoms with van der Waals surface area (Å²) in [5.41, 5.74) is 4.74. The van der Waals surface area contributed by atoms with E-state index in [-0.39, 0.29) is 11.7 Å². The Labute approximate surface area is 149 Å². The van der Waals surface area contributed by atoms with Gasteiger partial charge in [-0.05, 0) is 25.0 Å². The zero-order valence-electron chi connectivity index (χ0n) is 15.3. The number of nitrogens with one attached hydrogen (secondary N) is 1. The predicted molar refractivity (Wildman–Crippen MR) is 100 cm³/mol. The molecule has 2 heterocycles. The minimum atomic E-state index is -3.31. The number of fused-ring (bicyclic) bond motifs is 1. The molecular weight excluding hydrogens is 338 g/mol. The third-order valence-electron chi connectivity index (χ3n) is 5.29. The van der Waals surface area contributed by atoms with Crippen molar-refractivity contribution in [1.82, 2.24) is 14.2 Å². The van der Waals surface area contributed by atoms with Gasteiger partial charge < -0.3 is 10.1 Å². The van der Waals surface area contributed by atoms with Crippen molar-refractivity contribution in [2.75, 3.05) is 32.9 Å². The lowest BCUT2D eigenvalue weighted by Crippen LogP contribution is -2.33. The number of benzene rings is 1. The van der Waals surface area contributed by atoms with Crippen LogP contribution in [0.5, 0.6) is 0 Å². The highest BCUT2D eigenvalue weighted by Gasteiger charge is 2.35. The fraction of sp³-hybridized carbons (Fsp3) is 0.556. The van der Waals surface area contributed by atoms with Crippen molar-refractivity contribution in [2.45, 2.75) is 26.5 Å². The van der Waals surface area contributed by atoms with Crippen LogP contribution in [0.3, 0.4) is 0 Å². The smallest absolute Gasteiger partial charge is 0.214 e. The summed E-state index contributed by atoms with van der Waals surface area (Å²) in [6.45, 7) is 5.97. The van der Waals surface area contributed by atoms with Gasteiger partial charge in [-0.1, -0.05) is 18.2 Å². The molecule has 1 aromatic heterocycles. The molecule has 0 radical (unpaired) electrons. The van der Waals surface area contributed by atoms with E-state index in [2.05, 4.69) is 41.9 Å². The van der Waals surface area contributed by atoms with Crippen molar-refractivity contribution in [3.05, 3.63) is 35.0 Å². The van der Waals surface area contributed by atoms with Gasteiger partial charge >= 0.3 is 0 Å². The van der Waals surface area contributed by atoms with E-state index < -0.39 is 16.1 Å². The highest BCUT2D eigenvalue weighted by atomic mass is 32.2. The Morgan fingerprint density at radius 3 is 2.68 bits per heavy atom. The van der Waals surface area contributed by atoms with Crippen LogP contribution in [0, 0.1) is 19.8 Å². The number of para-hydroxylation sites is 1. The Morgan fingerprint density at radius 1 is 1.28 bits per heavy atom. The highest BCUT2D eigenvalue weighted by Crippen LogP contribution is 2.27. The minimum Gasteiger partial charge on any atom is -0.391 e. The van der Waals surface area contributed by atoms with Crippen molar-refractivity contribution >= 4 is 20.9 Å². The summed E-state index contributed by atoms with van der Waals surface area (Å²) < 4.78 is 25.4. The Bertz CT molecular complexity index is 873. The van der Waals surface area contributed by atoms with E-state index >= 15 is 0 Å². The summed E-state index contributed by atoms with van der Waals surface area (Å²) in [6.07, 6.45) is -0.610. The Morgan fingerprint density at radius 2 is 2.00 bits per heavy atom.